The van der Waals surface area contributed by atoms with Gasteiger partial charge in [-0.1, -0.05) is 17.3 Å². The molecule has 1 fully saturated rings. The minimum absolute atomic E-state index is 0.217. The molecule has 3 aromatic rings. The number of aliphatic hydroxyl groups is 2. The van der Waals surface area contributed by atoms with Crippen molar-refractivity contribution >= 4 is 18.8 Å². The third-order valence-corrected chi connectivity index (χ3v) is 5.36. The number of aromatic nitrogens is 3. The highest BCUT2D eigenvalue weighted by atomic mass is 31.2. The minimum Gasteiger partial charge on any atom is -0.387 e. The number of benzene rings is 1. The largest absolute Gasteiger partial charge is 0.469 e. The molecule has 4 N–H and O–H groups in total. The highest BCUT2D eigenvalue weighted by molar-refractivity contribution is 7.46. The Labute approximate surface area is 172 Å². The van der Waals surface area contributed by atoms with Gasteiger partial charge in [-0.15, -0.1) is 0 Å². The third kappa shape index (κ3) is 4.25. The van der Waals surface area contributed by atoms with Crippen LogP contribution in [0.2, 0.25) is 0 Å². The summed E-state index contributed by atoms with van der Waals surface area (Å²) in [6.45, 7) is -0.941. The highest BCUT2D eigenvalue weighted by Gasteiger charge is 2.45. The number of phosphoric ester groups is 1. The Morgan fingerprint density at radius 3 is 2.61 bits per heavy atom. The second-order valence-electron chi connectivity index (χ2n) is 6.89. The van der Waals surface area contributed by atoms with E-state index in [-0.39, 0.29) is 6.54 Å². The van der Waals surface area contributed by atoms with Gasteiger partial charge in [-0.2, -0.15) is 0 Å². The van der Waals surface area contributed by atoms with Crippen LogP contribution in [0.25, 0.3) is 11.0 Å². The maximum absolute atomic E-state index is 13.0. The van der Waals surface area contributed by atoms with Crippen LogP contribution in [0, 0.1) is 0 Å². The molecule has 4 atom stereocenters. The number of phosphoric acid groups is 1. The molecule has 0 aliphatic carbocycles. The Hall–Kier alpha value is -2.64. The smallest absolute Gasteiger partial charge is 0.387 e. The summed E-state index contributed by atoms with van der Waals surface area (Å²) in [5.74, 6) is 0. The van der Waals surface area contributed by atoms with Crippen LogP contribution in [0.3, 0.4) is 0 Å². The maximum Gasteiger partial charge on any atom is 0.469 e. The fourth-order valence-corrected chi connectivity index (χ4v) is 3.68. The molecule has 13 nitrogen and oxygen atoms in total. The van der Waals surface area contributed by atoms with Gasteiger partial charge in [0.2, 0.25) is 0 Å². The van der Waals surface area contributed by atoms with E-state index in [2.05, 4.69) is 9.68 Å². The van der Waals surface area contributed by atoms with Crippen LogP contribution in [0.4, 0.5) is 0 Å². The zero-order valence-electron chi connectivity index (χ0n) is 15.7. The van der Waals surface area contributed by atoms with Crippen molar-refractivity contribution in [2.24, 2.45) is 0 Å². The number of rotatable bonds is 6. The van der Waals surface area contributed by atoms with Gasteiger partial charge >= 0.3 is 13.5 Å². The molecule has 0 saturated carbocycles. The molecular weight excluding hydrogens is 437 g/mol. The Morgan fingerprint density at radius 2 is 1.87 bits per heavy atom. The molecule has 1 aliphatic heterocycles. The quantitative estimate of drug-likeness (QED) is 0.332. The SMILES string of the molecule is O=c1ccn(C2OC(COP(=O)(O)O)C(O)C2O)c(=O)n1Cc1noc2ccccc12. The first-order valence-electron chi connectivity index (χ1n) is 9.02. The number of fused-ring (bicyclic) bond motifs is 1. The molecule has 166 valence electrons. The first-order valence-corrected chi connectivity index (χ1v) is 10.6. The Kier molecular flexibility index (Phi) is 5.66. The second-order valence-corrected chi connectivity index (χ2v) is 8.13. The van der Waals surface area contributed by atoms with E-state index in [4.69, 9.17) is 19.0 Å². The Balaban J connectivity index is 1.64. The normalized spacial score (nSPS) is 24.1. The summed E-state index contributed by atoms with van der Waals surface area (Å²) < 4.78 is 27.5. The third-order valence-electron chi connectivity index (χ3n) is 4.87. The Bertz CT molecular complexity index is 1260. The van der Waals surface area contributed by atoms with E-state index in [1.54, 1.807) is 24.3 Å². The summed E-state index contributed by atoms with van der Waals surface area (Å²) in [5, 5.41) is 24.9. The number of hydrogen-bond acceptors (Lipinski definition) is 9. The van der Waals surface area contributed by atoms with Gasteiger partial charge < -0.3 is 29.3 Å². The second kappa shape index (κ2) is 8.13. The molecule has 3 heterocycles. The lowest BCUT2D eigenvalue weighted by Crippen LogP contribution is -2.43. The van der Waals surface area contributed by atoms with Gasteiger partial charge in [-0.3, -0.25) is 18.5 Å². The van der Waals surface area contributed by atoms with Crippen molar-refractivity contribution in [3.05, 3.63) is 63.1 Å². The number of aliphatic hydroxyl groups excluding tert-OH is 2. The molecule has 1 aliphatic rings. The lowest BCUT2D eigenvalue weighted by atomic mass is 10.1. The van der Waals surface area contributed by atoms with Gasteiger partial charge in [0.05, 0.1) is 13.2 Å². The fourth-order valence-electron chi connectivity index (χ4n) is 3.34. The predicted molar refractivity (Wildman–Crippen MR) is 102 cm³/mol. The average molecular weight is 455 g/mol. The molecule has 14 heteroatoms. The zero-order chi connectivity index (χ0) is 22.3. The first kappa shape index (κ1) is 21.6. The molecule has 0 amide bonds. The summed E-state index contributed by atoms with van der Waals surface area (Å²) in [5.41, 5.74) is -0.670. The average Bonchev–Trinajstić information content (AvgIpc) is 3.25. The first-order chi connectivity index (χ1) is 14.7. The van der Waals surface area contributed by atoms with Crippen LogP contribution >= 0.6 is 7.82 Å². The van der Waals surface area contributed by atoms with Crippen LogP contribution < -0.4 is 11.2 Å². The van der Waals surface area contributed by atoms with Crippen molar-refractivity contribution in [3.8, 4) is 0 Å². The van der Waals surface area contributed by atoms with E-state index in [1.807, 2.05) is 0 Å². The van der Waals surface area contributed by atoms with Gasteiger partial charge in [0.1, 0.15) is 24.0 Å². The predicted octanol–water partition coefficient (Wildman–Crippen LogP) is -1.07. The lowest BCUT2D eigenvalue weighted by molar-refractivity contribution is -0.0548. The molecule has 31 heavy (non-hydrogen) atoms. The van der Waals surface area contributed by atoms with Crippen LogP contribution in [0.5, 0.6) is 0 Å². The van der Waals surface area contributed by atoms with Crippen LogP contribution in [-0.2, 0) is 20.4 Å². The molecule has 1 saturated heterocycles. The van der Waals surface area contributed by atoms with E-state index in [0.29, 0.717) is 16.7 Å². The van der Waals surface area contributed by atoms with E-state index in [0.717, 1.165) is 21.4 Å². The van der Waals surface area contributed by atoms with E-state index >= 15 is 0 Å². The molecule has 2 aromatic heterocycles. The standard InChI is InChI=1S/C17H18N3O10P/c21-13-5-6-19(16-15(23)14(22)12(29-16)8-28-31(25,26)27)17(24)20(13)7-10-9-3-1-2-4-11(9)30-18-10/h1-6,12,14-16,22-23H,7-8H2,(H2,25,26,27). The number of hydrogen-bond donors (Lipinski definition) is 4. The molecule has 0 spiro atoms. The van der Waals surface area contributed by atoms with E-state index in [9.17, 15) is 24.4 Å². The van der Waals surface area contributed by atoms with Gasteiger partial charge in [0.25, 0.3) is 5.56 Å². The zero-order valence-corrected chi connectivity index (χ0v) is 16.6. The van der Waals surface area contributed by atoms with E-state index < -0.39 is 50.2 Å². The van der Waals surface area contributed by atoms with Crippen molar-refractivity contribution in [3.63, 3.8) is 0 Å². The molecule has 0 bridgehead atoms. The summed E-state index contributed by atoms with van der Waals surface area (Å²) in [4.78, 5) is 42.9. The number of nitrogens with zero attached hydrogens (tertiary/aromatic N) is 3. The minimum atomic E-state index is -4.84. The van der Waals surface area contributed by atoms with Gasteiger partial charge in [0, 0.05) is 17.6 Å². The van der Waals surface area contributed by atoms with Gasteiger partial charge in [0.15, 0.2) is 11.8 Å². The van der Waals surface area contributed by atoms with Crippen LogP contribution in [0.15, 0.2) is 50.6 Å². The van der Waals surface area contributed by atoms with Crippen molar-refractivity contribution in [2.45, 2.75) is 31.1 Å². The monoisotopic (exact) mass is 455 g/mol. The molecular formula is C17H18N3O10P. The Morgan fingerprint density at radius 1 is 1.13 bits per heavy atom. The van der Waals surface area contributed by atoms with Crippen molar-refractivity contribution < 1.29 is 38.3 Å². The number of ether oxygens (including phenoxy) is 1. The number of para-hydroxylation sites is 1. The maximum atomic E-state index is 13.0. The van der Waals surface area contributed by atoms with E-state index in [1.165, 1.54) is 0 Å². The summed E-state index contributed by atoms with van der Waals surface area (Å²) in [7, 11) is -4.84. The molecule has 4 rings (SSSR count). The summed E-state index contributed by atoms with van der Waals surface area (Å²) >= 11 is 0. The summed E-state index contributed by atoms with van der Waals surface area (Å²) in [6, 6.07) is 7.97. The van der Waals surface area contributed by atoms with Crippen LogP contribution in [0.1, 0.15) is 11.9 Å². The van der Waals surface area contributed by atoms with Crippen LogP contribution in [-0.4, -0.2) is 59.2 Å². The molecule has 0 radical (unpaired) electrons. The lowest BCUT2D eigenvalue weighted by Gasteiger charge is -2.18. The fraction of sp³-hybridized carbons (Fsp3) is 0.353. The van der Waals surface area contributed by atoms with Crippen molar-refractivity contribution in [1.29, 1.82) is 0 Å². The van der Waals surface area contributed by atoms with Gasteiger partial charge in [-0.05, 0) is 12.1 Å². The van der Waals surface area contributed by atoms with Crippen molar-refractivity contribution in [2.75, 3.05) is 6.61 Å². The summed E-state index contributed by atoms with van der Waals surface area (Å²) in [6.07, 6.45) is -4.87. The van der Waals surface area contributed by atoms with Crippen molar-refractivity contribution in [1.82, 2.24) is 14.3 Å². The molecule has 1 aromatic carbocycles. The van der Waals surface area contributed by atoms with Gasteiger partial charge in [-0.25, -0.2) is 9.36 Å². The highest BCUT2D eigenvalue weighted by Crippen LogP contribution is 2.38. The molecule has 4 unspecified atom stereocenters. The topological polar surface area (TPSA) is 186 Å².